The Morgan fingerprint density at radius 2 is 2.00 bits per heavy atom. The fourth-order valence-corrected chi connectivity index (χ4v) is 2.51. The third-order valence-electron chi connectivity index (χ3n) is 3.68. The van der Waals surface area contributed by atoms with Crippen molar-refractivity contribution in [1.29, 1.82) is 0 Å². The van der Waals surface area contributed by atoms with E-state index < -0.39 is 0 Å². The molecule has 23 heavy (non-hydrogen) atoms. The van der Waals surface area contributed by atoms with Crippen LogP contribution in [0, 0.1) is 6.92 Å². The van der Waals surface area contributed by atoms with Gasteiger partial charge in [-0.2, -0.15) is 0 Å². The van der Waals surface area contributed by atoms with Gasteiger partial charge in [0.1, 0.15) is 24.5 Å². The SMILES string of the molecule is Cc1cc(=O)n(CC(=O)Nc2cc(N3CCCC3)ncn2)cn1. The lowest BCUT2D eigenvalue weighted by Gasteiger charge is -2.16. The van der Waals surface area contributed by atoms with Gasteiger partial charge in [-0.1, -0.05) is 0 Å². The van der Waals surface area contributed by atoms with Crippen molar-refractivity contribution in [1.82, 2.24) is 19.5 Å². The zero-order chi connectivity index (χ0) is 16.2. The van der Waals surface area contributed by atoms with Crippen molar-refractivity contribution < 1.29 is 4.79 Å². The Balaban J connectivity index is 1.67. The lowest BCUT2D eigenvalue weighted by molar-refractivity contribution is -0.116. The van der Waals surface area contributed by atoms with Gasteiger partial charge in [-0.15, -0.1) is 0 Å². The minimum absolute atomic E-state index is 0.102. The summed E-state index contributed by atoms with van der Waals surface area (Å²) >= 11 is 0. The molecule has 1 fully saturated rings. The zero-order valence-electron chi connectivity index (χ0n) is 12.9. The van der Waals surface area contributed by atoms with Gasteiger partial charge in [-0.05, 0) is 19.8 Å². The average molecular weight is 314 g/mol. The number of aromatic nitrogens is 4. The fourth-order valence-electron chi connectivity index (χ4n) is 2.51. The Bertz CT molecular complexity index is 767. The van der Waals surface area contributed by atoms with E-state index in [1.807, 2.05) is 0 Å². The number of aryl methyl sites for hydroxylation is 1. The minimum atomic E-state index is -0.330. The van der Waals surface area contributed by atoms with Gasteiger partial charge >= 0.3 is 0 Å². The highest BCUT2D eigenvalue weighted by atomic mass is 16.2. The molecular formula is C15H18N6O2. The maximum Gasteiger partial charge on any atom is 0.253 e. The van der Waals surface area contributed by atoms with Gasteiger partial charge in [-0.25, -0.2) is 15.0 Å². The predicted octanol–water partition coefficient (Wildman–Crippen LogP) is 0.581. The van der Waals surface area contributed by atoms with Crippen molar-refractivity contribution in [2.75, 3.05) is 23.3 Å². The number of carbonyl (C=O) groups is 1. The number of amides is 1. The molecule has 3 rings (SSSR count). The smallest absolute Gasteiger partial charge is 0.253 e. The van der Waals surface area contributed by atoms with Crippen LogP contribution in [0.15, 0.2) is 29.6 Å². The number of nitrogens with one attached hydrogen (secondary N) is 1. The van der Waals surface area contributed by atoms with Gasteiger partial charge in [0.05, 0.1) is 6.33 Å². The van der Waals surface area contributed by atoms with E-state index in [4.69, 9.17) is 0 Å². The molecule has 0 spiro atoms. The zero-order valence-corrected chi connectivity index (χ0v) is 12.9. The first-order valence-electron chi connectivity index (χ1n) is 7.52. The molecule has 120 valence electrons. The summed E-state index contributed by atoms with van der Waals surface area (Å²) in [6.07, 6.45) is 5.10. The van der Waals surface area contributed by atoms with Crippen LogP contribution in [-0.2, 0) is 11.3 Å². The van der Waals surface area contributed by atoms with Crippen molar-refractivity contribution >= 4 is 17.5 Å². The van der Waals surface area contributed by atoms with E-state index in [1.54, 1.807) is 13.0 Å². The van der Waals surface area contributed by atoms with E-state index in [0.29, 0.717) is 11.5 Å². The summed E-state index contributed by atoms with van der Waals surface area (Å²) in [5, 5.41) is 2.69. The van der Waals surface area contributed by atoms with E-state index in [-0.39, 0.29) is 18.0 Å². The lowest BCUT2D eigenvalue weighted by Crippen LogP contribution is -2.28. The van der Waals surface area contributed by atoms with Crippen LogP contribution in [0.3, 0.4) is 0 Å². The molecule has 0 aliphatic carbocycles. The fraction of sp³-hybridized carbons (Fsp3) is 0.400. The number of hydrogen-bond acceptors (Lipinski definition) is 6. The molecule has 0 radical (unpaired) electrons. The predicted molar refractivity (Wildman–Crippen MR) is 85.3 cm³/mol. The van der Waals surface area contributed by atoms with E-state index >= 15 is 0 Å². The molecule has 1 aliphatic heterocycles. The van der Waals surface area contributed by atoms with Crippen LogP contribution in [0.5, 0.6) is 0 Å². The normalized spacial score (nSPS) is 14.0. The third kappa shape index (κ3) is 3.71. The standard InChI is InChI=1S/C15H18N6O2/c1-11-6-15(23)21(10-18-11)8-14(22)19-12-7-13(17-9-16-12)20-4-2-3-5-20/h6-7,9-10H,2-5,8H2,1H3,(H,16,17,19,22). The molecule has 0 atom stereocenters. The number of nitrogens with zero attached hydrogens (tertiary/aromatic N) is 5. The summed E-state index contributed by atoms with van der Waals surface area (Å²) < 4.78 is 1.25. The van der Waals surface area contributed by atoms with Crippen LogP contribution in [0.2, 0.25) is 0 Å². The summed E-state index contributed by atoms with van der Waals surface area (Å²) in [5.74, 6) is 0.908. The highest BCUT2D eigenvalue weighted by molar-refractivity contribution is 5.89. The molecule has 0 unspecified atom stereocenters. The second-order valence-corrected chi connectivity index (χ2v) is 5.50. The highest BCUT2D eigenvalue weighted by Gasteiger charge is 2.14. The first kappa shape index (κ1) is 15.1. The average Bonchev–Trinajstić information content (AvgIpc) is 3.05. The van der Waals surface area contributed by atoms with Gasteiger partial charge in [0, 0.05) is 30.9 Å². The molecule has 8 nitrogen and oxygen atoms in total. The summed E-state index contributed by atoms with van der Waals surface area (Å²) in [6.45, 7) is 3.56. The Kier molecular flexibility index (Phi) is 4.31. The van der Waals surface area contributed by atoms with E-state index in [2.05, 4.69) is 25.2 Å². The molecule has 3 heterocycles. The monoisotopic (exact) mass is 314 g/mol. The summed E-state index contributed by atoms with van der Waals surface area (Å²) in [5.41, 5.74) is 0.366. The quantitative estimate of drug-likeness (QED) is 0.887. The van der Waals surface area contributed by atoms with Crippen molar-refractivity contribution in [3.05, 3.63) is 40.8 Å². The Hall–Kier alpha value is -2.77. The Morgan fingerprint density at radius 1 is 1.22 bits per heavy atom. The molecule has 2 aromatic heterocycles. The second kappa shape index (κ2) is 6.55. The second-order valence-electron chi connectivity index (χ2n) is 5.50. The van der Waals surface area contributed by atoms with Crippen LogP contribution < -0.4 is 15.8 Å². The van der Waals surface area contributed by atoms with E-state index in [9.17, 15) is 9.59 Å². The summed E-state index contributed by atoms with van der Waals surface area (Å²) in [7, 11) is 0. The van der Waals surface area contributed by atoms with Crippen molar-refractivity contribution in [2.24, 2.45) is 0 Å². The molecule has 1 N–H and O–H groups in total. The molecule has 0 saturated carbocycles. The van der Waals surface area contributed by atoms with Crippen molar-refractivity contribution in [2.45, 2.75) is 26.3 Å². The Labute approximate surface area is 133 Å². The van der Waals surface area contributed by atoms with Crippen LogP contribution in [0.25, 0.3) is 0 Å². The summed E-state index contributed by atoms with van der Waals surface area (Å²) in [6, 6.07) is 3.14. The largest absolute Gasteiger partial charge is 0.356 e. The molecule has 1 amide bonds. The van der Waals surface area contributed by atoms with Crippen molar-refractivity contribution in [3.8, 4) is 0 Å². The molecular weight excluding hydrogens is 296 g/mol. The van der Waals surface area contributed by atoms with E-state index in [0.717, 1.165) is 31.7 Å². The summed E-state index contributed by atoms with van der Waals surface area (Å²) in [4.78, 5) is 38.3. The number of hydrogen-bond donors (Lipinski definition) is 1. The topological polar surface area (TPSA) is 93.0 Å². The maximum absolute atomic E-state index is 12.1. The first-order chi connectivity index (χ1) is 11.1. The molecule has 0 bridgehead atoms. The van der Waals surface area contributed by atoms with Crippen LogP contribution in [0.4, 0.5) is 11.6 Å². The van der Waals surface area contributed by atoms with Gasteiger partial charge in [0.2, 0.25) is 5.91 Å². The van der Waals surface area contributed by atoms with Crippen LogP contribution in [-0.4, -0.2) is 38.5 Å². The van der Waals surface area contributed by atoms with E-state index in [1.165, 1.54) is 23.3 Å². The van der Waals surface area contributed by atoms with Crippen molar-refractivity contribution in [3.63, 3.8) is 0 Å². The third-order valence-corrected chi connectivity index (χ3v) is 3.68. The molecule has 1 aliphatic rings. The molecule has 2 aromatic rings. The van der Waals surface area contributed by atoms with Gasteiger partial charge in [-0.3, -0.25) is 14.2 Å². The van der Waals surface area contributed by atoms with Gasteiger partial charge in [0.25, 0.3) is 5.56 Å². The number of carbonyl (C=O) groups excluding carboxylic acids is 1. The minimum Gasteiger partial charge on any atom is -0.356 e. The van der Waals surface area contributed by atoms with Crippen LogP contribution >= 0.6 is 0 Å². The lowest BCUT2D eigenvalue weighted by atomic mass is 10.4. The van der Waals surface area contributed by atoms with Gasteiger partial charge in [0.15, 0.2) is 0 Å². The number of anilines is 2. The highest BCUT2D eigenvalue weighted by Crippen LogP contribution is 2.19. The molecule has 8 heteroatoms. The Morgan fingerprint density at radius 3 is 2.74 bits per heavy atom. The van der Waals surface area contributed by atoms with Gasteiger partial charge < -0.3 is 10.2 Å². The van der Waals surface area contributed by atoms with Crippen LogP contribution in [0.1, 0.15) is 18.5 Å². The maximum atomic E-state index is 12.1. The number of rotatable bonds is 4. The molecule has 1 saturated heterocycles. The molecule has 0 aromatic carbocycles. The first-order valence-corrected chi connectivity index (χ1v) is 7.52.